The fourth-order valence-corrected chi connectivity index (χ4v) is 5.92. The van der Waals surface area contributed by atoms with Crippen LogP contribution < -0.4 is 5.32 Å². The Kier molecular flexibility index (Phi) is 3.41. The summed E-state index contributed by atoms with van der Waals surface area (Å²) in [6.45, 7) is 0. The minimum absolute atomic E-state index is 0.239. The van der Waals surface area contributed by atoms with E-state index in [9.17, 15) is 0 Å². The highest BCUT2D eigenvalue weighted by Gasteiger charge is 2.39. The van der Waals surface area contributed by atoms with Gasteiger partial charge in [0, 0.05) is 31.6 Å². The van der Waals surface area contributed by atoms with Crippen molar-refractivity contribution in [2.24, 2.45) is 5.92 Å². The Bertz CT molecular complexity index is 975. The van der Waals surface area contributed by atoms with Crippen molar-refractivity contribution in [3.8, 4) is 0 Å². The maximum atomic E-state index is 6.76. The van der Waals surface area contributed by atoms with Crippen molar-refractivity contribution in [3.63, 3.8) is 0 Å². The van der Waals surface area contributed by atoms with Crippen molar-refractivity contribution in [1.29, 1.82) is 0 Å². The van der Waals surface area contributed by atoms with Crippen LogP contribution in [0.3, 0.4) is 0 Å². The van der Waals surface area contributed by atoms with Gasteiger partial charge >= 0.3 is 0 Å². The molecule has 3 atom stereocenters. The maximum absolute atomic E-state index is 6.76. The third-order valence-electron chi connectivity index (χ3n) is 5.17. The lowest BCUT2D eigenvalue weighted by Crippen LogP contribution is -2.28. The van der Waals surface area contributed by atoms with Gasteiger partial charge in [0.1, 0.15) is 0 Å². The Labute approximate surface area is 154 Å². The number of hydrogen-bond donors (Lipinski definition) is 1. The summed E-state index contributed by atoms with van der Waals surface area (Å²) in [5.41, 5.74) is 2.47. The molecule has 4 heteroatoms. The van der Waals surface area contributed by atoms with E-state index in [1.165, 1.54) is 20.8 Å². The number of halogens is 2. The molecule has 1 aliphatic carbocycles. The van der Waals surface area contributed by atoms with E-state index in [1.54, 1.807) is 0 Å². The lowest BCUT2D eigenvalue weighted by Gasteiger charge is -2.37. The highest BCUT2D eigenvalue weighted by molar-refractivity contribution is 7.19. The molecule has 24 heavy (non-hydrogen) atoms. The monoisotopic (exact) mass is 371 g/mol. The van der Waals surface area contributed by atoms with Crippen LogP contribution in [0.2, 0.25) is 10.0 Å². The minimum atomic E-state index is 0.239. The second kappa shape index (κ2) is 5.52. The zero-order chi connectivity index (χ0) is 16.3. The SMILES string of the molecule is Clc1ccc2c(c1)[C@H]1C=CC[C@H]1[C@@H](c1sc3ccccc3c1Cl)N2. The van der Waals surface area contributed by atoms with Crippen molar-refractivity contribution < 1.29 is 0 Å². The molecule has 0 bridgehead atoms. The normalized spacial score (nSPS) is 24.7. The van der Waals surface area contributed by atoms with E-state index in [-0.39, 0.29) is 6.04 Å². The molecule has 1 nitrogen and oxygen atoms in total. The van der Waals surface area contributed by atoms with Crippen molar-refractivity contribution in [3.05, 3.63) is 75.1 Å². The molecule has 0 unspecified atom stereocenters. The summed E-state index contributed by atoms with van der Waals surface area (Å²) in [5.74, 6) is 0.896. The average Bonchev–Trinajstić information content (AvgIpc) is 3.20. The number of allylic oxidation sites excluding steroid dienone is 2. The predicted molar refractivity (Wildman–Crippen MR) is 105 cm³/mol. The number of hydrogen-bond acceptors (Lipinski definition) is 2. The molecule has 1 N–H and O–H groups in total. The largest absolute Gasteiger partial charge is 0.377 e. The molecule has 0 amide bonds. The summed E-state index contributed by atoms with van der Waals surface area (Å²) in [5, 5.41) is 6.60. The van der Waals surface area contributed by atoms with Gasteiger partial charge in [-0.05, 0) is 42.2 Å². The molecular formula is C20H15Cl2NS. The summed E-state index contributed by atoms with van der Waals surface area (Å²) in [7, 11) is 0. The van der Waals surface area contributed by atoms with E-state index in [1.807, 2.05) is 17.4 Å². The zero-order valence-electron chi connectivity index (χ0n) is 12.8. The van der Waals surface area contributed by atoms with Crippen molar-refractivity contribution in [1.82, 2.24) is 0 Å². The first kappa shape index (κ1) is 14.8. The fourth-order valence-electron chi connectivity index (χ4n) is 4.06. The summed E-state index contributed by atoms with van der Waals surface area (Å²) in [4.78, 5) is 1.25. The van der Waals surface area contributed by atoms with Gasteiger partial charge in [0.25, 0.3) is 0 Å². The Balaban J connectivity index is 1.66. The third-order valence-corrected chi connectivity index (χ3v) is 7.18. The van der Waals surface area contributed by atoms with Crippen LogP contribution in [0.5, 0.6) is 0 Å². The lowest BCUT2D eigenvalue weighted by molar-refractivity contribution is 0.430. The van der Waals surface area contributed by atoms with Crippen molar-refractivity contribution in [2.45, 2.75) is 18.4 Å². The Morgan fingerprint density at radius 3 is 2.83 bits per heavy atom. The highest BCUT2D eigenvalue weighted by atomic mass is 35.5. The first-order valence-corrected chi connectivity index (χ1v) is 9.69. The molecular weight excluding hydrogens is 357 g/mol. The van der Waals surface area contributed by atoms with Crippen LogP contribution in [0.1, 0.15) is 28.8 Å². The quantitative estimate of drug-likeness (QED) is 0.452. The number of anilines is 1. The molecule has 0 radical (unpaired) electrons. The molecule has 120 valence electrons. The molecule has 0 saturated carbocycles. The average molecular weight is 372 g/mol. The van der Waals surface area contributed by atoms with Gasteiger partial charge < -0.3 is 5.32 Å². The van der Waals surface area contributed by atoms with Gasteiger partial charge in [-0.3, -0.25) is 0 Å². The zero-order valence-corrected chi connectivity index (χ0v) is 15.1. The van der Waals surface area contributed by atoms with Crippen LogP contribution in [-0.2, 0) is 0 Å². The van der Waals surface area contributed by atoms with E-state index in [4.69, 9.17) is 23.2 Å². The summed E-state index contributed by atoms with van der Waals surface area (Å²) in [6.07, 6.45) is 5.69. The molecule has 2 aliphatic rings. The van der Waals surface area contributed by atoms with Crippen LogP contribution in [0.4, 0.5) is 5.69 Å². The first-order chi connectivity index (χ1) is 11.7. The van der Waals surface area contributed by atoms with Gasteiger partial charge in [0.2, 0.25) is 0 Å². The molecule has 0 fully saturated rings. The molecule has 0 saturated heterocycles. The molecule has 1 aromatic heterocycles. The number of rotatable bonds is 1. The first-order valence-electron chi connectivity index (χ1n) is 8.12. The third kappa shape index (κ3) is 2.13. The molecule has 3 aromatic rings. The molecule has 0 spiro atoms. The summed E-state index contributed by atoms with van der Waals surface area (Å²) >= 11 is 14.8. The van der Waals surface area contributed by atoms with Gasteiger partial charge in [0.15, 0.2) is 0 Å². The number of nitrogens with one attached hydrogen (secondary N) is 1. The smallest absolute Gasteiger partial charge is 0.0662 e. The summed E-state index contributed by atoms with van der Waals surface area (Å²) < 4.78 is 1.25. The van der Waals surface area contributed by atoms with Crippen molar-refractivity contribution >= 4 is 50.3 Å². The Morgan fingerprint density at radius 2 is 1.96 bits per heavy atom. The van der Waals surface area contributed by atoms with Gasteiger partial charge in [-0.25, -0.2) is 0 Å². The number of thiophene rings is 1. The van der Waals surface area contributed by atoms with Gasteiger partial charge in [-0.1, -0.05) is 53.6 Å². The Morgan fingerprint density at radius 1 is 1.08 bits per heavy atom. The number of benzene rings is 2. The maximum Gasteiger partial charge on any atom is 0.0662 e. The van der Waals surface area contributed by atoms with Crippen LogP contribution in [-0.4, -0.2) is 0 Å². The van der Waals surface area contributed by atoms with Gasteiger partial charge in [-0.2, -0.15) is 0 Å². The fraction of sp³-hybridized carbons (Fsp3) is 0.200. The van der Waals surface area contributed by atoms with Crippen LogP contribution in [0, 0.1) is 5.92 Å². The number of fused-ring (bicyclic) bond motifs is 4. The van der Waals surface area contributed by atoms with E-state index in [0.717, 1.165) is 21.9 Å². The minimum Gasteiger partial charge on any atom is -0.377 e. The van der Waals surface area contributed by atoms with Crippen LogP contribution in [0.15, 0.2) is 54.6 Å². The van der Waals surface area contributed by atoms with Gasteiger partial charge in [0.05, 0.1) is 11.1 Å². The van der Waals surface area contributed by atoms with Crippen LogP contribution in [0.25, 0.3) is 10.1 Å². The highest BCUT2D eigenvalue weighted by Crippen LogP contribution is 2.53. The molecule has 2 aromatic carbocycles. The second-order valence-corrected chi connectivity index (χ2v) is 8.38. The van der Waals surface area contributed by atoms with E-state index < -0.39 is 0 Å². The molecule has 2 heterocycles. The van der Waals surface area contributed by atoms with E-state index in [0.29, 0.717) is 11.8 Å². The van der Waals surface area contributed by atoms with Crippen LogP contribution >= 0.6 is 34.5 Å². The molecule has 1 aliphatic heterocycles. The van der Waals surface area contributed by atoms with Crippen molar-refractivity contribution in [2.75, 3.05) is 5.32 Å². The Hall–Kier alpha value is -1.48. The second-order valence-electron chi connectivity index (χ2n) is 6.48. The lowest BCUT2D eigenvalue weighted by atomic mass is 9.79. The van der Waals surface area contributed by atoms with E-state index in [2.05, 4.69) is 53.9 Å². The van der Waals surface area contributed by atoms with Gasteiger partial charge in [-0.15, -0.1) is 11.3 Å². The topological polar surface area (TPSA) is 12.0 Å². The predicted octanol–water partition coefficient (Wildman–Crippen LogP) is 7.03. The van der Waals surface area contributed by atoms with E-state index >= 15 is 0 Å². The summed E-state index contributed by atoms with van der Waals surface area (Å²) in [6, 6.07) is 14.8. The molecule has 5 rings (SSSR count). The standard InChI is InChI=1S/C20H15Cl2NS/c21-11-8-9-16-15(10-11)12-5-3-6-13(12)19(23-16)20-18(22)14-4-1-2-7-17(14)24-20/h1-5,7-10,12-13,19,23H,6H2/t12-,13+,19-/m0/s1.